The average Bonchev–Trinajstić information content (AvgIpc) is 2.21. The number of carboxylic acids is 1. The lowest BCUT2D eigenvalue weighted by atomic mass is 10.1. The van der Waals surface area contributed by atoms with E-state index >= 15 is 0 Å². The molecule has 0 aliphatic carbocycles. The molecule has 0 bridgehead atoms. The molecule has 1 unspecified atom stereocenters. The summed E-state index contributed by atoms with van der Waals surface area (Å²) in [6, 6.07) is 7.39. The molecule has 0 saturated heterocycles. The zero-order valence-electron chi connectivity index (χ0n) is 8.51. The Labute approximate surface area is 94.5 Å². The molecule has 0 aliphatic heterocycles. The molecule has 15 heavy (non-hydrogen) atoms. The van der Waals surface area contributed by atoms with E-state index in [0.29, 0.717) is 13.0 Å². The summed E-state index contributed by atoms with van der Waals surface area (Å²) < 4.78 is 5.28. The van der Waals surface area contributed by atoms with Gasteiger partial charge in [-0.3, -0.25) is 4.79 Å². The van der Waals surface area contributed by atoms with E-state index < -0.39 is 11.2 Å². The summed E-state index contributed by atoms with van der Waals surface area (Å²) in [5, 5.41) is 8.03. The van der Waals surface area contributed by atoms with Crippen LogP contribution in [0.2, 0.25) is 0 Å². The van der Waals surface area contributed by atoms with Gasteiger partial charge in [-0.05, 0) is 31.0 Å². The minimum Gasteiger partial charge on any atom is -0.494 e. The number of aliphatic carboxylic acids is 1. The van der Waals surface area contributed by atoms with Gasteiger partial charge < -0.3 is 9.84 Å². The molecular formula is C11H14O3S. The Balaban J connectivity index is 2.60. The second kappa shape index (κ2) is 5.66. The second-order valence-corrected chi connectivity index (χ2v) is 3.76. The Hall–Kier alpha value is -1.16. The van der Waals surface area contributed by atoms with Crippen LogP contribution in [-0.4, -0.2) is 22.9 Å². The van der Waals surface area contributed by atoms with Gasteiger partial charge in [0.15, 0.2) is 0 Å². The van der Waals surface area contributed by atoms with Crippen molar-refractivity contribution in [3.8, 4) is 5.75 Å². The number of hydrogen-bond acceptors (Lipinski definition) is 3. The molecule has 0 aromatic heterocycles. The first-order valence-corrected chi connectivity index (χ1v) is 5.27. The average molecular weight is 226 g/mol. The molecule has 1 atom stereocenters. The Bertz CT molecular complexity index is 321. The summed E-state index contributed by atoms with van der Waals surface area (Å²) in [5.74, 6) is -0.0977. The van der Waals surface area contributed by atoms with Crippen LogP contribution in [0.3, 0.4) is 0 Å². The highest BCUT2D eigenvalue weighted by Gasteiger charge is 2.12. The number of hydrogen-bond donors (Lipinski definition) is 2. The highest BCUT2D eigenvalue weighted by Crippen LogP contribution is 2.14. The van der Waals surface area contributed by atoms with Gasteiger partial charge in [-0.2, -0.15) is 12.6 Å². The van der Waals surface area contributed by atoms with Crippen molar-refractivity contribution in [3.05, 3.63) is 29.8 Å². The highest BCUT2D eigenvalue weighted by atomic mass is 32.1. The Kier molecular flexibility index (Phi) is 4.49. The van der Waals surface area contributed by atoms with Gasteiger partial charge in [0.2, 0.25) is 0 Å². The van der Waals surface area contributed by atoms with Crippen LogP contribution in [0, 0.1) is 0 Å². The fraction of sp³-hybridized carbons (Fsp3) is 0.364. The van der Waals surface area contributed by atoms with E-state index in [1.165, 1.54) is 0 Å². The molecule has 1 aromatic rings. The first-order valence-electron chi connectivity index (χ1n) is 4.76. The maximum absolute atomic E-state index is 10.6. The summed E-state index contributed by atoms with van der Waals surface area (Å²) in [6.07, 6.45) is 0.421. The molecular weight excluding hydrogens is 212 g/mol. The zero-order valence-corrected chi connectivity index (χ0v) is 9.41. The lowest BCUT2D eigenvalue weighted by Crippen LogP contribution is -2.15. The van der Waals surface area contributed by atoms with E-state index in [1.54, 1.807) is 0 Å². The van der Waals surface area contributed by atoms with Gasteiger partial charge in [0.25, 0.3) is 0 Å². The summed E-state index contributed by atoms with van der Waals surface area (Å²) in [5.41, 5.74) is 0.945. The van der Waals surface area contributed by atoms with Crippen LogP contribution in [0.5, 0.6) is 5.75 Å². The molecule has 1 N–H and O–H groups in total. The molecule has 0 fully saturated rings. The number of thiol groups is 1. The van der Waals surface area contributed by atoms with Crippen molar-refractivity contribution in [2.75, 3.05) is 6.61 Å². The van der Waals surface area contributed by atoms with Crippen molar-refractivity contribution in [1.82, 2.24) is 0 Å². The quantitative estimate of drug-likeness (QED) is 0.755. The molecule has 1 aromatic carbocycles. The maximum atomic E-state index is 10.6. The first-order chi connectivity index (χ1) is 7.13. The van der Waals surface area contributed by atoms with Crippen molar-refractivity contribution in [2.45, 2.75) is 18.6 Å². The van der Waals surface area contributed by atoms with Gasteiger partial charge in [-0.15, -0.1) is 0 Å². The monoisotopic (exact) mass is 226 g/mol. The largest absolute Gasteiger partial charge is 0.494 e. The topological polar surface area (TPSA) is 46.5 Å². The number of benzene rings is 1. The number of carbonyl (C=O) groups is 1. The van der Waals surface area contributed by atoms with Crippen LogP contribution < -0.4 is 4.74 Å². The van der Waals surface area contributed by atoms with Crippen molar-refractivity contribution in [3.63, 3.8) is 0 Å². The van der Waals surface area contributed by atoms with Crippen molar-refractivity contribution in [1.29, 1.82) is 0 Å². The highest BCUT2D eigenvalue weighted by molar-refractivity contribution is 7.81. The summed E-state index contributed by atoms with van der Waals surface area (Å²) in [4.78, 5) is 10.6. The number of rotatable bonds is 5. The van der Waals surface area contributed by atoms with Crippen LogP contribution in [0.1, 0.15) is 12.5 Å². The molecule has 0 amide bonds. The van der Waals surface area contributed by atoms with E-state index in [1.807, 2.05) is 31.2 Å². The molecule has 0 saturated carbocycles. The minimum absolute atomic E-state index is 0.421. The lowest BCUT2D eigenvalue weighted by molar-refractivity contribution is -0.136. The molecule has 4 heteroatoms. The third-order valence-corrected chi connectivity index (χ3v) is 2.35. The summed E-state index contributed by atoms with van der Waals surface area (Å²) >= 11 is 3.97. The Morgan fingerprint density at radius 1 is 1.47 bits per heavy atom. The molecule has 1 rings (SSSR count). The van der Waals surface area contributed by atoms with Gasteiger partial charge in [0.1, 0.15) is 11.0 Å². The van der Waals surface area contributed by atoms with Crippen LogP contribution in [0.4, 0.5) is 0 Å². The minimum atomic E-state index is -0.896. The lowest BCUT2D eigenvalue weighted by Gasteiger charge is -2.07. The molecule has 0 aliphatic rings. The standard InChI is InChI=1S/C11H14O3S/c1-2-14-9-5-3-8(4-6-9)7-10(15)11(12)13/h3-6,10,15H,2,7H2,1H3,(H,12,13). The maximum Gasteiger partial charge on any atom is 0.316 e. The Morgan fingerprint density at radius 3 is 2.53 bits per heavy atom. The summed E-state index contributed by atoms with van der Waals surface area (Å²) in [6.45, 7) is 2.55. The van der Waals surface area contributed by atoms with E-state index in [0.717, 1.165) is 11.3 Å². The van der Waals surface area contributed by atoms with Gasteiger partial charge >= 0.3 is 5.97 Å². The predicted octanol–water partition coefficient (Wildman–Crippen LogP) is 2.01. The third-order valence-electron chi connectivity index (χ3n) is 1.95. The van der Waals surface area contributed by atoms with E-state index in [4.69, 9.17) is 9.84 Å². The van der Waals surface area contributed by atoms with Crippen molar-refractivity contribution >= 4 is 18.6 Å². The molecule has 82 valence electrons. The normalized spacial score (nSPS) is 12.1. The molecule has 0 heterocycles. The zero-order chi connectivity index (χ0) is 11.3. The van der Waals surface area contributed by atoms with Crippen molar-refractivity contribution in [2.24, 2.45) is 0 Å². The van der Waals surface area contributed by atoms with Crippen LogP contribution in [-0.2, 0) is 11.2 Å². The van der Waals surface area contributed by atoms with E-state index in [9.17, 15) is 4.79 Å². The first kappa shape index (κ1) is 11.9. The molecule has 0 radical (unpaired) electrons. The van der Waals surface area contributed by atoms with E-state index in [2.05, 4.69) is 12.6 Å². The number of ether oxygens (including phenoxy) is 1. The van der Waals surface area contributed by atoms with Gasteiger partial charge in [-0.25, -0.2) is 0 Å². The van der Waals surface area contributed by atoms with Gasteiger partial charge in [0, 0.05) is 0 Å². The second-order valence-electron chi connectivity index (χ2n) is 3.14. The van der Waals surface area contributed by atoms with Crippen LogP contribution >= 0.6 is 12.6 Å². The van der Waals surface area contributed by atoms with Crippen LogP contribution in [0.25, 0.3) is 0 Å². The fourth-order valence-electron chi connectivity index (χ4n) is 1.20. The van der Waals surface area contributed by atoms with Crippen LogP contribution in [0.15, 0.2) is 24.3 Å². The SMILES string of the molecule is CCOc1ccc(CC(S)C(=O)O)cc1. The van der Waals surface area contributed by atoms with Crippen molar-refractivity contribution < 1.29 is 14.6 Å². The fourth-order valence-corrected chi connectivity index (χ4v) is 1.41. The van der Waals surface area contributed by atoms with Gasteiger partial charge in [0.05, 0.1) is 6.61 Å². The van der Waals surface area contributed by atoms with Gasteiger partial charge in [-0.1, -0.05) is 12.1 Å². The smallest absolute Gasteiger partial charge is 0.316 e. The predicted molar refractivity (Wildman–Crippen MR) is 61.7 cm³/mol. The third kappa shape index (κ3) is 3.83. The summed E-state index contributed by atoms with van der Waals surface area (Å²) in [7, 11) is 0. The number of carboxylic acid groups (broad SMARTS) is 1. The van der Waals surface area contributed by atoms with E-state index in [-0.39, 0.29) is 0 Å². The molecule has 0 spiro atoms. The molecule has 3 nitrogen and oxygen atoms in total. The Morgan fingerprint density at radius 2 is 2.07 bits per heavy atom.